The van der Waals surface area contributed by atoms with E-state index in [2.05, 4.69) is 31.4 Å². The number of hydrogen-bond acceptors (Lipinski definition) is 7. The van der Waals surface area contributed by atoms with Crippen molar-refractivity contribution in [2.75, 3.05) is 23.7 Å². The lowest BCUT2D eigenvalue weighted by molar-refractivity contribution is -0.274. The Morgan fingerprint density at radius 1 is 1.11 bits per heavy atom. The van der Waals surface area contributed by atoms with Crippen LogP contribution in [-0.4, -0.2) is 29.4 Å². The number of rotatable bonds is 8. The third-order valence-corrected chi connectivity index (χ3v) is 7.91. The largest absolute Gasteiger partial charge is 0.573 e. The van der Waals surface area contributed by atoms with E-state index < -0.39 is 6.36 Å². The topological polar surface area (TPSA) is 109 Å². The maximum atomic E-state index is 12.7. The number of aromatic nitrogens is 2. The predicted molar refractivity (Wildman–Crippen MR) is 124 cm³/mol. The molecule has 1 aromatic carbocycles. The molecule has 4 N–H and O–H groups in total. The van der Waals surface area contributed by atoms with Gasteiger partial charge in [0.15, 0.2) is 0 Å². The first-order chi connectivity index (χ1) is 16.7. The van der Waals surface area contributed by atoms with E-state index in [-0.39, 0.29) is 29.1 Å². The van der Waals surface area contributed by atoms with Crippen LogP contribution in [0.1, 0.15) is 49.7 Å². The fraction of sp³-hybridized carbons (Fsp3) is 0.560. The van der Waals surface area contributed by atoms with Gasteiger partial charge in [0.05, 0.1) is 6.20 Å². The van der Waals surface area contributed by atoms with E-state index in [1.807, 2.05) is 0 Å². The number of para-hydroxylation sites is 1. The zero-order valence-electron chi connectivity index (χ0n) is 19.4. The van der Waals surface area contributed by atoms with Gasteiger partial charge in [0, 0.05) is 18.7 Å². The van der Waals surface area contributed by atoms with E-state index in [1.165, 1.54) is 56.5 Å². The number of nitrogens with two attached hydrogens (primary N) is 1. The summed E-state index contributed by atoms with van der Waals surface area (Å²) in [5.74, 6) is 1.81. The molecule has 0 aliphatic heterocycles. The van der Waals surface area contributed by atoms with Gasteiger partial charge in [-0.2, -0.15) is 10.2 Å². The van der Waals surface area contributed by atoms with Gasteiger partial charge in [0.1, 0.15) is 23.2 Å². The molecule has 7 nitrogen and oxygen atoms in total. The highest BCUT2D eigenvalue weighted by Crippen LogP contribution is 2.64. The lowest BCUT2D eigenvalue weighted by Gasteiger charge is -2.62. The maximum absolute atomic E-state index is 12.7. The molecule has 0 amide bonds. The van der Waals surface area contributed by atoms with Crippen molar-refractivity contribution in [3.63, 3.8) is 0 Å². The van der Waals surface area contributed by atoms with Gasteiger partial charge in [0.25, 0.3) is 0 Å². The second-order valence-electron chi connectivity index (χ2n) is 10.6. The number of ether oxygens (including phenoxy) is 1. The van der Waals surface area contributed by atoms with E-state index in [1.54, 1.807) is 6.07 Å². The van der Waals surface area contributed by atoms with Crippen LogP contribution in [0.25, 0.3) is 0 Å². The molecule has 4 aliphatic carbocycles. The summed E-state index contributed by atoms with van der Waals surface area (Å²) in [4.78, 5) is 8.64. The SMILES string of the molecule is N#Cc1cnc(NCc2ccccc2OC(F)(F)F)nc1NCC12CC3C[C@@H](CC(CN)(C3)C1)C2. The average molecular weight is 487 g/mol. The van der Waals surface area contributed by atoms with Gasteiger partial charge in [-0.1, -0.05) is 18.2 Å². The summed E-state index contributed by atoms with van der Waals surface area (Å²) in [6, 6.07) is 8.04. The number of benzene rings is 1. The second kappa shape index (κ2) is 8.86. The van der Waals surface area contributed by atoms with E-state index >= 15 is 0 Å². The molecule has 3 unspecified atom stereocenters. The van der Waals surface area contributed by atoms with Crippen molar-refractivity contribution in [1.29, 1.82) is 5.26 Å². The summed E-state index contributed by atoms with van der Waals surface area (Å²) in [6.07, 6.45) is 3.85. The molecule has 1 aromatic heterocycles. The number of nitrogens with one attached hydrogen (secondary N) is 2. The van der Waals surface area contributed by atoms with Gasteiger partial charge in [-0.3, -0.25) is 0 Å². The smallest absolute Gasteiger partial charge is 0.405 e. The first-order valence-corrected chi connectivity index (χ1v) is 12.0. The molecule has 10 heteroatoms. The number of nitriles is 1. The summed E-state index contributed by atoms with van der Waals surface area (Å²) in [5, 5.41) is 15.9. The molecule has 4 aliphatic rings. The highest BCUT2D eigenvalue weighted by Gasteiger charge is 2.56. The molecule has 0 saturated heterocycles. The molecule has 4 atom stereocenters. The Kier molecular flexibility index (Phi) is 5.99. The average Bonchev–Trinajstić information content (AvgIpc) is 2.80. The lowest BCUT2D eigenvalue weighted by atomic mass is 9.44. The fourth-order valence-electron chi connectivity index (χ4n) is 7.10. The number of nitrogens with zero attached hydrogens (tertiary/aromatic N) is 3. The van der Waals surface area contributed by atoms with Crippen LogP contribution in [0.3, 0.4) is 0 Å². The summed E-state index contributed by atoms with van der Waals surface area (Å²) in [5.41, 5.74) is 7.26. The summed E-state index contributed by atoms with van der Waals surface area (Å²) in [6.45, 7) is 1.48. The van der Waals surface area contributed by atoms with E-state index in [0.29, 0.717) is 16.9 Å². The summed E-state index contributed by atoms with van der Waals surface area (Å²) in [7, 11) is 0. The monoisotopic (exact) mass is 486 g/mol. The third kappa shape index (κ3) is 5.01. The van der Waals surface area contributed by atoms with Crippen LogP contribution < -0.4 is 21.1 Å². The Morgan fingerprint density at radius 3 is 2.51 bits per heavy atom. The lowest BCUT2D eigenvalue weighted by Crippen LogP contribution is -2.56. The number of anilines is 2. The fourth-order valence-corrected chi connectivity index (χ4v) is 7.10. The number of halogens is 3. The Morgan fingerprint density at radius 2 is 1.83 bits per heavy atom. The number of alkyl halides is 3. The summed E-state index contributed by atoms with van der Waals surface area (Å²) < 4.78 is 42.2. The minimum Gasteiger partial charge on any atom is -0.405 e. The van der Waals surface area contributed by atoms with Gasteiger partial charge in [-0.05, 0) is 73.8 Å². The normalized spacial score (nSPS) is 29.0. The van der Waals surface area contributed by atoms with Crippen LogP contribution >= 0.6 is 0 Å². The molecule has 0 spiro atoms. The van der Waals surface area contributed by atoms with Gasteiger partial charge in [-0.25, -0.2) is 4.98 Å². The molecule has 0 radical (unpaired) electrons. The molecule has 35 heavy (non-hydrogen) atoms. The quantitative estimate of drug-likeness (QED) is 0.491. The molecule has 1 heterocycles. The van der Waals surface area contributed by atoms with Crippen molar-refractivity contribution in [2.24, 2.45) is 28.4 Å². The molecular weight excluding hydrogens is 457 g/mol. The van der Waals surface area contributed by atoms with Crippen molar-refractivity contribution < 1.29 is 17.9 Å². The molecule has 6 rings (SSSR count). The Hall–Kier alpha value is -3.06. The van der Waals surface area contributed by atoms with E-state index in [4.69, 9.17) is 5.73 Å². The van der Waals surface area contributed by atoms with Crippen molar-refractivity contribution >= 4 is 11.8 Å². The van der Waals surface area contributed by atoms with Crippen LogP contribution in [0, 0.1) is 34.0 Å². The van der Waals surface area contributed by atoms with Crippen molar-refractivity contribution in [2.45, 2.75) is 51.4 Å². The molecule has 4 bridgehead atoms. The van der Waals surface area contributed by atoms with Crippen LogP contribution in [-0.2, 0) is 6.54 Å². The van der Waals surface area contributed by atoms with Crippen molar-refractivity contribution in [3.05, 3.63) is 41.6 Å². The van der Waals surface area contributed by atoms with Crippen LogP contribution in [0.5, 0.6) is 5.75 Å². The predicted octanol–water partition coefficient (Wildman–Crippen LogP) is 4.82. The first kappa shape index (κ1) is 23.7. The molecular formula is C25H29F3N6O. The molecule has 4 saturated carbocycles. The van der Waals surface area contributed by atoms with E-state index in [0.717, 1.165) is 31.3 Å². The minimum atomic E-state index is -4.78. The van der Waals surface area contributed by atoms with Gasteiger partial charge in [-0.15, -0.1) is 13.2 Å². The number of hydrogen-bond donors (Lipinski definition) is 3. The highest BCUT2D eigenvalue weighted by molar-refractivity contribution is 5.53. The maximum Gasteiger partial charge on any atom is 0.573 e. The molecule has 4 fully saturated rings. The van der Waals surface area contributed by atoms with Crippen LogP contribution in [0.4, 0.5) is 24.9 Å². The highest BCUT2D eigenvalue weighted by atomic mass is 19.4. The van der Waals surface area contributed by atoms with Crippen molar-refractivity contribution in [1.82, 2.24) is 9.97 Å². The van der Waals surface area contributed by atoms with Crippen LogP contribution in [0.2, 0.25) is 0 Å². The molecule has 2 aromatic rings. The van der Waals surface area contributed by atoms with Gasteiger partial charge < -0.3 is 21.1 Å². The zero-order chi connectivity index (χ0) is 24.7. The third-order valence-electron chi connectivity index (χ3n) is 7.91. The minimum absolute atomic E-state index is 0.0317. The Bertz CT molecular complexity index is 1120. The van der Waals surface area contributed by atoms with Gasteiger partial charge in [0.2, 0.25) is 5.95 Å². The Balaban J connectivity index is 1.29. The zero-order valence-corrected chi connectivity index (χ0v) is 19.4. The standard InChI is InChI=1S/C25H29F3N6O/c26-25(27,28)35-20-4-2-1-3-18(20)11-31-22-32-12-19(10-29)21(34-22)33-15-24-8-16-5-17(9-24)7-23(6-16,13-24)14-30/h1-4,12,16-17H,5-9,11,13-15,30H2,(H2,31,32,33,34)/t16-,17?,23?,24?/m0/s1. The van der Waals surface area contributed by atoms with Gasteiger partial charge >= 0.3 is 6.36 Å². The second-order valence-corrected chi connectivity index (χ2v) is 10.6. The summed E-state index contributed by atoms with van der Waals surface area (Å²) >= 11 is 0. The Labute approximate surface area is 202 Å². The first-order valence-electron chi connectivity index (χ1n) is 12.0. The van der Waals surface area contributed by atoms with Crippen LogP contribution in [0.15, 0.2) is 30.5 Å². The molecule has 186 valence electrons. The van der Waals surface area contributed by atoms with Crippen molar-refractivity contribution in [3.8, 4) is 11.8 Å². The van der Waals surface area contributed by atoms with E-state index in [9.17, 15) is 18.4 Å².